The highest BCUT2D eigenvalue weighted by Gasteiger charge is 2.17. The van der Waals surface area contributed by atoms with Crippen LogP contribution in [-0.2, 0) is 0 Å². The number of aliphatic hydroxyl groups excluding tert-OH is 1. The van der Waals surface area contributed by atoms with Crippen molar-refractivity contribution in [1.82, 2.24) is 10.2 Å². The van der Waals surface area contributed by atoms with Crippen LogP contribution >= 0.6 is 0 Å². The largest absolute Gasteiger partial charge is 0.496 e. The highest BCUT2D eigenvalue weighted by molar-refractivity contribution is 5.38. The number of nitrogens with one attached hydrogen (secondary N) is 1. The lowest BCUT2D eigenvalue weighted by Crippen LogP contribution is -2.03. The van der Waals surface area contributed by atoms with Crippen LogP contribution in [0.25, 0.3) is 0 Å². The van der Waals surface area contributed by atoms with Crippen LogP contribution in [0.15, 0.2) is 30.5 Å². The third-order valence-electron chi connectivity index (χ3n) is 2.30. The Balaban J connectivity index is 2.42. The van der Waals surface area contributed by atoms with Crippen molar-refractivity contribution >= 4 is 0 Å². The van der Waals surface area contributed by atoms with E-state index in [1.54, 1.807) is 6.07 Å². The van der Waals surface area contributed by atoms with E-state index in [0.29, 0.717) is 17.0 Å². The van der Waals surface area contributed by atoms with Gasteiger partial charge in [-0.3, -0.25) is 5.10 Å². The summed E-state index contributed by atoms with van der Waals surface area (Å²) in [5.41, 5.74) is 0.857. The summed E-state index contributed by atoms with van der Waals surface area (Å²) in [6, 6.07) is 5.62. The zero-order valence-corrected chi connectivity index (χ0v) is 8.64. The lowest BCUT2D eigenvalue weighted by molar-refractivity contribution is 0.209. The number of H-pyrrole nitrogens is 1. The second-order valence-corrected chi connectivity index (χ2v) is 3.30. The van der Waals surface area contributed by atoms with Crippen LogP contribution < -0.4 is 4.74 Å². The standard InChI is InChI=1S/C11H11FN2O2/c1-16-10-3-2-7(12)6-8(10)11(15)9-4-5-13-14-9/h2-6,11,15H,1H3,(H,13,14). The number of hydrogen-bond donors (Lipinski definition) is 2. The summed E-state index contributed by atoms with van der Waals surface area (Å²) in [4.78, 5) is 0. The number of aromatic amines is 1. The van der Waals surface area contributed by atoms with Crippen molar-refractivity contribution in [3.05, 3.63) is 47.5 Å². The first kappa shape index (κ1) is 10.6. The SMILES string of the molecule is COc1ccc(F)cc1C(O)c1ccn[nH]1. The molecular weight excluding hydrogens is 211 g/mol. The van der Waals surface area contributed by atoms with Crippen molar-refractivity contribution in [3.8, 4) is 5.75 Å². The Morgan fingerprint density at radius 2 is 2.25 bits per heavy atom. The van der Waals surface area contributed by atoms with Crippen molar-refractivity contribution in [1.29, 1.82) is 0 Å². The molecule has 0 aliphatic rings. The molecule has 0 aliphatic heterocycles. The third kappa shape index (κ3) is 1.90. The Labute approximate surface area is 91.7 Å². The topological polar surface area (TPSA) is 58.1 Å². The summed E-state index contributed by atoms with van der Waals surface area (Å²) in [5, 5.41) is 16.4. The van der Waals surface area contributed by atoms with Crippen LogP contribution in [0, 0.1) is 5.82 Å². The normalized spacial score (nSPS) is 12.4. The van der Waals surface area contributed by atoms with Gasteiger partial charge in [-0.05, 0) is 24.3 Å². The summed E-state index contributed by atoms with van der Waals surface area (Å²) >= 11 is 0. The number of hydrogen-bond acceptors (Lipinski definition) is 3. The number of halogens is 1. The lowest BCUT2D eigenvalue weighted by atomic mass is 10.1. The molecule has 0 amide bonds. The van der Waals surface area contributed by atoms with E-state index in [-0.39, 0.29) is 0 Å². The van der Waals surface area contributed by atoms with Crippen LogP contribution in [0.5, 0.6) is 5.75 Å². The average Bonchev–Trinajstić information content (AvgIpc) is 2.81. The van der Waals surface area contributed by atoms with Gasteiger partial charge in [0.1, 0.15) is 17.7 Å². The fourth-order valence-corrected chi connectivity index (χ4v) is 1.51. The molecule has 84 valence electrons. The highest BCUT2D eigenvalue weighted by atomic mass is 19.1. The van der Waals surface area contributed by atoms with Gasteiger partial charge in [0.15, 0.2) is 0 Å². The van der Waals surface area contributed by atoms with Gasteiger partial charge in [-0.2, -0.15) is 5.10 Å². The second kappa shape index (κ2) is 4.32. The molecule has 1 unspecified atom stereocenters. The van der Waals surface area contributed by atoms with Crippen LogP contribution in [0.1, 0.15) is 17.4 Å². The van der Waals surface area contributed by atoms with Gasteiger partial charge in [-0.25, -0.2) is 4.39 Å². The molecule has 0 bridgehead atoms. The van der Waals surface area contributed by atoms with E-state index in [1.807, 2.05) is 0 Å². The molecular formula is C11H11FN2O2. The number of aromatic nitrogens is 2. The molecule has 1 aromatic heterocycles. The predicted octanol–water partition coefficient (Wildman–Crippen LogP) is 1.64. The van der Waals surface area contributed by atoms with Gasteiger partial charge < -0.3 is 9.84 Å². The molecule has 0 aliphatic carbocycles. The third-order valence-corrected chi connectivity index (χ3v) is 2.30. The van der Waals surface area contributed by atoms with Crippen LogP contribution in [0.3, 0.4) is 0 Å². The first-order valence-electron chi connectivity index (χ1n) is 4.73. The Morgan fingerprint density at radius 1 is 1.44 bits per heavy atom. The molecule has 1 atom stereocenters. The minimum absolute atomic E-state index is 0.367. The van der Waals surface area contributed by atoms with Gasteiger partial charge in [0.05, 0.1) is 12.8 Å². The first-order valence-corrected chi connectivity index (χ1v) is 4.73. The predicted molar refractivity (Wildman–Crippen MR) is 55.6 cm³/mol. The average molecular weight is 222 g/mol. The van der Waals surface area contributed by atoms with Gasteiger partial charge >= 0.3 is 0 Å². The van der Waals surface area contributed by atoms with Gasteiger partial charge in [-0.15, -0.1) is 0 Å². The first-order chi connectivity index (χ1) is 7.72. The smallest absolute Gasteiger partial charge is 0.125 e. The van der Waals surface area contributed by atoms with Gasteiger partial charge in [0, 0.05) is 11.8 Å². The summed E-state index contributed by atoms with van der Waals surface area (Å²) < 4.78 is 18.2. The van der Waals surface area contributed by atoms with Crippen LogP contribution in [-0.4, -0.2) is 22.4 Å². The van der Waals surface area contributed by atoms with E-state index < -0.39 is 11.9 Å². The summed E-state index contributed by atoms with van der Waals surface area (Å²) in [7, 11) is 1.47. The van der Waals surface area contributed by atoms with E-state index in [4.69, 9.17) is 4.74 Å². The van der Waals surface area contributed by atoms with E-state index in [1.165, 1.54) is 31.5 Å². The monoisotopic (exact) mass is 222 g/mol. The maximum absolute atomic E-state index is 13.1. The molecule has 0 spiro atoms. The van der Waals surface area contributed by atoms with Crippen LogP contribution in [0.2, 0.25) is 0 Å². The minimum atomic E-state index is -0.979. The highest BCUT2D eigenvalue weighted by Crippen LogP contribution is 2.29. The van der Waals surface area contributed by atoms with Crippen molar-refractivity contribution in [2.24, 2.45) is 0 Å². The van der Waals surface area contributed by atoms with Gasteiger partial charge in [0.2, 0.25) is 0 Å². The molecule has 16 heavy (non-hydrogen) atoms. The number of nitrogens with zero attached hydrogens (tertiary/aromatic N) is 1. The van der Waals surface area contributed by atoms with E-state index >= 15 is 0 Å². The number of ether oxygens (including phenoxy) is 1. The maximum Gasteiger partial charge on any atom is 0.125 e. The van der Waals surface area contributed by atoms with Crippen molar-refractivity contribution in [3.63, 3.8) is 0 Å². The van der Waals surface area contributed by atoms with Crippen molar-refractivity contribution < 1.29 is 14.2 Å². The van der Waals surface area contributed by atoms with E-state index in [9.17, 15) is 9.50 Å². The second-order valence-electron chi connectivity index (χ2n) is 3.30. The Kier molecular flexibility index (Phi) is 2.87. The lowest BCUT2D eigenvalue weighted by Gasteiger charge is -2.13. The molecule has 2 aromatic rings. The molecule has 0 saturated carbocycles. The quantitative estimate of drug-likeness (QED) is 0.830. The van der Waals surface area contributed by atoms with Crippen molar-refractivity contribution in [2.45, 2.75) is 6.10 Å². The number of methoxy groups -OCH3 is 1. The Hall–Kier alpha value is -1.88. The molecule has 4 nitrogen and oxygen atoms in total. The molecule has 0 saturated heterocycles. The number of aliphatic hydroxyl groups is 1. The summed E-state index contributed by atoms with van der Waals surface area (Å²) in [6.45, 7) is 0. The Bertz CT molecular complexity index is 471. The summed E-state index contributed by atoms with van der Waals surface area (Å²) in [5.74, 6) is 0.0119. The fourth-order valence-electron chi connectivity index (χ4n) is 1.51. The molecule has 1 aromatic carbocycles. The zero-order chi connectivity index (χ0) is 11.5. The molecule has 0 fully saturated rings. The Morgan fingerprint density at radius 3 is 2.88 bits per heavy atom. The molecule has 2 rings (SSSR count). The maximum atomic E-state index is 13.1. The number of rotatable bonds is 3. The van der Waals surface area contributed by atoms with Crippen LogP contribution in [0.4, 0.5) is 4.39 Å². The van der Waals surface area contributed by atoms with Gasteiger partial charge in [-0.1, -0.05) is 0 Å². The zero-order valence-electron chi connectivity index (χ0n) is 8.64. The van der Waals surface area contributed by atoms with Gasteiger partial charge in [0.25, 0.3) is 0 Å². The molecule has 5 heteroatoms. The summed E-state index contributed by atoms with van der Waals surface area (Å²) in [6.07, 6.45) is 0.540. The van der Waals surface area contributed by atoms with E-state index in [2.05, 4.69) is 10.2 Å². The fraction of sp³-hybridized carbons (Fsp3) is 0.182. The molecule has 2 N–H and O–H groups in total. The van der Waals surface area contributed by atoms with E-state index in [0.717, 1.165) is 0 Å². The molecule has 1 heterocycles. The van der Waals surface area contributed by atoms with Crippen molar-refractivity contribution in [2.75, 3.05) is 7.11 Å². The number of benzene rings is 1. The molecule has 0 radical (unpaired) electrons. The minimum Gasteiger partial charge on any atom is -0.496 e.